The molecule has 92 valence electrons. The van der Waals surface area contributed by atoms with Crippen molar-refractivity contribution in [1.29, 1.82) is 0 Å². The van der Waals surface area contributed by atoms with Crippen molar-refractivity contribution in [2.75, 3.05) is 13.2 Å². The van der Waals surface area contributed by atoms with Crippen molar-refractivity contribution in [3.05, 3.63) is 30.0 Å². The quantitative estimate of drug-likeness (QED) is 0.827. The Morgan fingerprint density at radius 3 is 3.22 bits per heavy atom. The Balaban J connectivity index is 1.87. The molecule has 2 aromatic rings. The van der Waals surface area contributed by atoms with Gasteiger partial charge in [0.25, 0.3) is 0 Å². The summed E-state index contributed by atoms with van der Waals surface area (Å²) in [6, 6.07) is 5.76. The Kier molecular flexibility index (Phi) is 1.93. The van der Waals surface area contributed by atoms with E-state index >= 15 is 0 Å². The van der Waals surface area contributed by atoms with E-state index in [0.717, 1.165) is 28.0 Å². The molecule has 2 unspecified atom stereocenters. The number of fused-ring (bicyclic) bond motifs is 4. The molecule has 0 bridgehead atoms. The molecule has 0 fully saturated rings. The fourth-order valence-electron chi connectivity index (χ4n) is 2.53. The van der Waals surface area contributed by atoms with E-state index in [9.17, 15) is 5.11 Å². The first kappa shape index (κ1) is 9.96. The Hall–Kier alpha value is -2.01. The van der Waals surface area contributed by atoms with Crippen molar-refractivity contribution >= 4 is 16.7 Å². The summed E-state index contributed by atoms with van der Waals surface area (Å²) in [5.41, 5.74) is 2.58. The van der Waals surface area contributed by atoms with Gasteiger partial charge in [0, 0.05) is 17.0 Å². The number of hydrogen-bond donors (Lipinski definition) is 1. The molecule has 2 aliphatic heterocycles. The van der Waals surface area contributed by atoms with Crippen LogP contribution in [0.3, 0.4) is 0 Å². The van der Waals surface area contributed by atoms with Crippen LogP contribution in [0.4, 0.5) is 0 Å². The minimum atomic E-state index is -0.298. The van der Waals surface area contributed by atoms with E-state index in [4.69, 9.17) is 14.0 Å². The molecule has 0 radical (unpaired) electrons. The molecule has 0 saturated carbocycles. The lowest BCUT2D eigenvalue weighted by Crippen LogP contribution is -2.35. The first-order valence-electron chi connectivity index (χ1n) is 5.86. The van der Waals surface area contributed by atoms with Crippen molar-refractivity contribution in [2.24, 2.45) is 11.1 Å². The number of rotatable bonds is 1. The summed E-state index contributed by atoms with van der Waals surface area (Å²) in [5, 5.41) is 14.3. The highest BCUT2D eigenvalue weighted by Crippen LogP contribution is 2.36. The molecule has 2 aliphatic rings. The van der Waals surface area contributed by atoms with Gasteiger partial charge >= 0.3 is 0 Å². The number of hydrogen-bond acceptors (Lipinski definition) is 5. The molecule has 4 rings (SSSR count). The van der Waals surface area contributed by atoms with Crippen LogP contribution in [0.15, 0.2) is 34.0 Å². The van der Waals surface area contributed by atoms with Crippen molar-refractivity contribution in [1.82, 2.24) is 0 Å². The van der Waals surface area contributed by atoms with E-state index in [2.05, 4.69) is 5.16 Å². The van der Waals surface area contributed by atoms with Gasteiger partial charge in [0.15, 0.2) is 6.10 Å². The molecule has 1 aromatic heterocycles. The van der Waals surface area contributed by atoms with E-state index in [-0.39, 0.29) is 18.6 Å². The van der Waals surface area contributed by atoms with Gasteiger partial charge in [-0.1, -0.05) is 5.16 Å². The molecule has 1 N–H and O–H groups in total. The van der Waals surface area contributed by atoms with Crippen molar-refractivity contribution < 1.29 is 19.1 Å². The van der Waals surface area contributed by atoms with Crippen molar-refractivity contribution in [3.63, 3.8) is 0 Å². The average Bonchev–Trinajstić information content (AvgIpc) is 3.01. The molecule has 5 nitrogen and oxygen atoms in total. The third-order valence-electron chi connectivity index (χ3n) is 3.52. The predicted molar refractivity (Wildman–Crippen MR) is 63.7 cm³/mol. The van der Waals surface area contributed by atoms with Gasteiger partial charge in [-0.15, -0.1) is 0 Å². The van der Waals surface area contributed by atoms with Gasteiger partial charge in [0.1, 0.15) is 23.7 Å². The Morgan fingerprint density at radius 2 is 2.33 bits per heavy atom. The number of ether oxygens (including phenoxy) is 1. The lowest BCUT2D eigenvalue weighted by molar-refractivity contribution is 0.00848. The Bertz CT molecular complexity index is 645. The molecule has 3 heterocycles. The van der Waals surface area contributed by atoms with Gasteiger partial charge in [-0.2, -0.15) is 0 Å². The van der Waals surface area contributed by atoms with Crippen LogP contribution in [0.5, 0.6) is 5.75 Å². The smallest absolute Gasteiger partial charge is 0.162 e. The van der Waals surface area contributed by atoms with Crippen LogP contribution < -0.4 is 4.74 Å². The zero-order valence-electron chi connectivity index (χ0n) is 9.50. The average molecular weight is 245 g/mol. The lowest BCUT2D eigenvalue weighted by atomic mass is 9.90. The molecule has 1 aromatic carbocycles. The third kappa shape index (κ3) is 1.22. The normalized spacial score (nSPS) is 25.1. The van der Waals surface area contributed by atoms with Gasteiger partial charge in [0.05, 0.1) is 18.8 Å². The van der Waals surface area contributed by atoms with Crippen molar-refractivity contribution in [2.45, 2.75) is 6.10 Å². The zero-order valence-corrected chi connectivity index (χ0v) is 9.50. The van der Waals surface area contributed by atoms with Crippen LogP contribution in [0.2, 0.25) is 0 Å². The highest BCUT2D eigenvalue weighted by molar-refractivity contribution is 6.08. The molecule has 2 atom stereocenters. The van der Waals surface area contributed by atoms with Gasteiger partial charge in [0.2, 0.25) is 0 Å². The maximum atomic E-state index is 9.22. The Labute approximate surface area is 103 Å². The van der Waals surface area contributed by atoms with Crippen molar-refractivity contribution in [3.8, 4) is 5.75 Å². The van der Waals surface area contributed by atoms with Crippen LogP contribution in [-0.2, 0) is 4.84 Å². The number of oxime groups is 1. The molecule has 18 heavy (non-hydrogen) atoms. The summed E-state index contributed by atoms with van der Waals surface area (Å²) in [7, 11) is 0. The van der Waals surface area contributed by atoms with Crippen LogP contribution in [0.25, 0.3) is 11.0 Å². The molecule has 5 heteroatoms. The minimum Gasteiger partial charge on any atom is -0.492 e. The Morgan fingerprint density at radius 1 is 1.39 bits per heavy atom. The summed E-state index contributed by atoms with van der Waals surface area (Å²) in [4.78, 5) is 5.23. The molecular formula is C13H11NO4. The SMILES string of the molecule is OCC1ON=C2c3cc4ccoc4cc3OCC21. The molecule has 0 spiro atoms. The number of aliphatic hydroxyl groups excluding tert-OH is 1. The molecule has 0 amide bonds. The second-order valence-corrected chi connectivity index (χ2v) is 4.53. The minimum absolute atomic E-state index is 0.00634. The highest BCUT2D eigenvalue weighted by Gasteiger charge is 2.39. The molecular weight excluding hydrogens is 234 g/mol. The van der Waals surface area contributed by atoms with E-state index in [1.165, 1.54) is 0 Å². The predicted octanol–water partition coefficient (Wildman–Crippen LogP) is 1.54. The van der Waals surface area contributed by atoms with Gasteiger partial charge in [-0.3, -0.25) is 0 Å². The highest BCUT2D eigenvalue weighted by atomic mass is 16.7. The summed E-state index contributed by atoms with van der Waals surface area (Å²) < 4.78 is 11.1. The second-order valence-electron chi connectivity index (χ2n) is 4.53. The molecule has 0 saturated heterocycles. The maximum absolute atomic E-state index is 9.22. The van der Waals surface area contributed by atoms with E-state index in [1.807, 2.05) is 18.2 Å². The standard InChI is InChI=1S/C13H11NO4/c15-5-12-9-6-17-11-4-10-7(1-2-16-10)3-8(11)13(9)14-18-12/h1-4,9,12,15H,5-6H2. The third-order valence-corrected chi connectivity index (χ3v) is 3.52. The second kappa shape index (κ2) is 3.49. The van der Waals surface area contributed by atoms with Crippen LogP contribution in [0, 0.1) is 5.92 Å². The largest absolute Gasteiger partial charge is 0.492 e. The first-order chi connectivity index (χ1) is 8.86. The number of nitrogens with zero attached hydrogens (tertiary/aromatic N) is 1. The summed E-state index contributed by atoms with van der Waals surface area (Å²) in [6.07, 6.45) is 1.35. The summed E-state index contributed by atoms with van der Waals surface area (Å²) >= 11 is 0. The van der Waals surface area contributed by atoms with Crippen LogP contribution >= 0.6 is 0 Å². The van der Waals surface area contributed by atoms with Gasteiger partial charge < -0.3 is 19.1 Å². The van der Waals surface area contributed by atoms with Crippen LogP contribution in [-0.4, -0.2) is 30.1 Å². The van der Waals surface area contributed by atoms with Gasteiger partial charge in [-0.25, -0.2) is 0 Å². The van der Waals surface area contributed by atoms with Gasteiger partial charge in [-0.05, 0) is 12.1 Å². The number of furan rings is 1. The monoisotopic (exact) mass is 245 g/mol. The number of aliphatic hydroxyl groups is 1. The topological polar surface area (TPSA) is 64.2 Å². The van der Waals surface area contributed by atoms with E-state index in [0.29, 0.717) is 6.61 Å². The summed E-state index contributed by atoms with van der Waals surface area (Å²) in [5.74, 6) is 0.765. The van der Waals surface area contributed by atoms with E-state index < -0.39 is 0 Å². The maximum Gasteiger partial charge on any atom is 0.162 e. The zero-order chi connectivity index (χ0) is 12.1. The fourth-order valence-corrected chi connectivity index (χ4v) is 2.53. The van der Waals surface area contributed by atoms with Crippen LogP contribution in [0.1, 0.15) is 5.56 Å². The number of benzene rings is 1. The lowest BCUT2D eigenvalue weighted by Gasteiger charge is -2.24. The summed E-state index contributed by atoms with van der Waals surface area (Å²) in [6.45, 7) is 0.424. The first-order valence-corrected chi connectivity index (χ1v) is 5.86. The molecule has 0 aliphatic carbocycles. The van der Waals surface area contributed by atoms with E-state index in [1.54, 1.807) is 6.26 Å². The fraction of sp³-hybridized carbons (Fsp3) is 0.308.